The normalized spacial score (nSPS) is 12.1. The molecule has 3 aromatic rings. The van der Waals surface area contributed by atoms with Crippen molar-refractivity contribution in [1.82, 2.24) is 0 Å². The summed E-state index contributed by atoms with van der Waals surface area (Å²) in [5.74, 6) is 0.354. The van der Waals surface area contributed by atoms with E-state index in [4.69, 9.17) is 14.2 Å². The molecular formula is C25H18N2O5. The van der Waals surface area contributed by atoms with Crippen LogP contribution in [0.4, 0.5) is 5.69 Å². The van der Waals surface area contributed by atoms with Gasteiger partial charge in [0, 0.05) is 11.8 Å². The number of benzene rings is 3. The van der Waals surface area contributed by atoms with Crippen molar-refractivity contribution in [3.05, 3.63) is 89.0 Å². The first-order chi connectivity index (χ1) is 15.5. The molecule has 1 aliphatic rings. The van der Waals surface area contributed by atoms with Crippen LogP contribution in [0.1, 0.15) is 21.5 Å². The summed E-state index contributed by atoms with van der Waals surface area (Å²) in [6, 6.07) is 20.5. The number of hydrogen-bond donors (Lipinski definition) is 1. The molecule has 7 nitrogen and oxygen atoms in total. The van der Waals surface area contributed by atoms with Crippen LogP contribution >= 0.6 is 0 Å². The molecule has 0 unspecified atom stereocenters. The van der Waals surface area contributed by atoms with Crippen molar-refractivity contribution in [2.45, 2.75) is 6.92 Å². The van der Waals surface area contributed by atoms with Crippen molar-refractivity contribution in [3.63, 3.8) is 0 Å². The van der Waals surface area contributed by atoms with Gasteiger partial charge in [-0.1, -0.05) is 29.8 Å². The average molecular weight is 426 g/mol. The predicted molar refractivity (Wildman–Crippen MR) is 117 cm³/mol. The number of ether oxygens (including phenoxy) is 3. The second-order valence-electron chi connectivity index (χ2n) is 7.02. The summed E-state index contributed by atoms with van der Waals surface area (Å²) < 4.78 is 16.0. The molecule has 0 atom stereocenters. The standard InChI is InChI=1S/C25H18N2O5/c1-16-4-2-6-18(10-16)25(29)32-21-7-3-5-17(12-21)11-19(14-26)24(28)27-20-8-9-22-23(13-20)31-15-30-22/h2-13H,15H2,1H3,(H,27,28)/b19-11+. The van der Waals surface area contributed by atoms with Crippen LogP contribution in [0.3, 0.4) is 0 Å². The lowest BCUT2D eigenvalue weighted by atomic mass is 10.1. The van der Waals surface area contributed by atoms with E-state index < -0.39 is 11.9 Å². The Morgan fingerprint density at radius 3 is 2.66 bits per heavy atom. The Labute approximate surface area is 184 Å². The van der Waals surface area contributed by atoms with E-state index in [-0.39, 0.29) is 12.4 Å². The first kappa shape index (κ1) is 20.7. The number of nitriles is 1. The van der Waals surface area contributed by atoms with E-state index in [1.807, 2.05) is 19.1 Å². The lowest BCUT2D eigenvalue weighted by Gasteiger charge is -2.07. The fourth-order valence-electron chi connectivity index (χ4n) is 3.09. The molecule has 0 aromatic heterocycles. The van der Waals surface area contributed by atoms with Gasteiger partial charge in [0.05, 0.1) is 5.56 Å². The summed E-state index contributed by atoms with van der Waals surface area (Å²) in [4.78, 5) is 24.9. The number of fused-ring (bicyclic) bond motifs is 1. The van der Waals surface area contributed by atoms with E-state index >= 15 is 0 Å². The summed E-state index contributed by atoms with van der Waals surface area (Å²) in [7, 11) is 0. The van der Waals surface area contributed by atoms with Gasteiger partial charge in [-0.25, -0.2) is 4.79 Å². The minimum absolute atomic E-state index is 0.107. The number of carbonyl (C=O) groups excluding carboxylic acids is 2. The number of esters is 1. The summed E-state index contributed by atoms with van der Waals surface area (Å²) in [5.41, 5.74) is 2.29. The van der Waals surface area contributed by atoms with Gasteiger partial charge in [-0.05, 0) is 55.0 Å². The highest BCUT2D eigenvalue weighted by Gasteiger charge is 2.16. The molecule has 0 bridgehead atoms. The highest BCUT2D eigenvalue weighted by atomic mass is 16.7. The molecule has 1 amide bonds. The van der Waals surface area contributed by atoms with Crippen LogP contribution in [0.2, 0.25) is 0 Å². The molecule has 0 saturated carbocycles. The second kappa shape index (κ2) is 9.06. The fourth-order valence-corrected chi connectivity index (χ4v) is 3.09. The van der Waals surface area contributed by atoms with Crippen molar-refractivity contribution in [1.29, 1.82) is 5.26 Å². The van der Waals surface area contributed by atoms with Crippen LogP contribution in [0.15, 0.2) is 72.3 Å². The van der Waals surface area contributed by atoms with Gasteiger partial charge < -0.3 is 19.5 Å². The van der Waals surface area contributed by atoms with E-state index in [0.29, 0.717) is 34.1 Å². The fraction of sp³-hybridized carbons (Fsp3) is 0.0800. The molecule has 0 saturated heterocycles. The van der Waals surface area contributed by atoms with Crippen LogP contribution in [0.25, 0.3) is 6.08 Å². The third-order valence-corrected chi connectivity index (χ3v) is 4.63. The lowest BCUT2D eigenvalue weighted by molar-refractivity contribution is -0.112. The molecule has 0 radical (unpaired) electrons. The zero-order valence-corrected chi connectivity index (χ0v) is 17.1. The van der Waals surface area contributed by atoms with Crippen LogP contribution in [-0.2, 0) is 4.79 Å². The van der Waals surface area contributed by atoms with Crippen molar-refractivity contribution >= 4 is 23.6 Å². The number of anilines is 1. The predicted octanol–water partition coefficient (Wildman–Crippen LogP) is 4.49. The summed E-state index contributed by atoms with van der Waals surface area (Å²) in [6.45, 7) is 2.01. The van der Waals surface area contributed by atoms with E-state index in [2.05, 4.69) is 5.32 Å². The third kappa shape index (κ3) is 4.77. The molecule has 1 aliphatic heterocycles. The Morgan fingerprint density at radius 1 is 1.03 bits per heavy atom. The third-order valence-electron chi connectivity index (χ3n) is 4.63. The largest absolute Gasteiger partial charge is 0.454 e. The van der Waals surface area contributed by atoms with Gasteiger partial charge in [0.1, 0.15) is 17.4 Å². The van der Waals surface area contributed by atoms with Crippen LogP contribution < -0.4 is 19.5 Å². The van der Waals surface area contributed by atoms with Crippen molar-refractivity contribution in [2.24, 2.45) is 0 Å². The Kier molecular flexibility index (Phi) is 5.86. The number of nitrogens with one attached hydrogen (secondary N) is 1. The molecule has 158 valence electrons. The van der Waals surface area contributed by atoms with E-state index in [0.717, 1.165) is 5.56 Å². The first-order valence-electron chi connectivity index (χ1n) is 9.73. The Balaban J connectivity index is 1.48. The quantitative estimate of drug-likeness (QED) is 0.279. The molecule has 0 aliphatic carbocycles. The first-order valence-corrected chi connectivity index (χ1v) is 9.73. The Morgan fingerprint density at radius 2 is 1.84 bits per heavy atom. The van der Waals surface area contributed by atoms with Gasteiger partial charge in [-0.3, -0.25) is 4.79 Å². The molecule has 32 heavy (non-hydrogen) atoms. The molecule has 0 fully saturated rings. The zero-order chi connectivity index (χ0) is 22.5. The minimum Gasteiger partial charge on any atom is -0.454 e. The van der Waals surface area contributed by atoms with E-state index in [1.54, 1.807) is 60.7 Å². The lowest BCUT2D eigenvalue weighted by Crippen LogP contribution is -2.13. The van der Waals surface area contributed by atoms with E-state index in [1.165, 1.54) is 6.08 Å². The Bertz CT molecular complexity index is 1270. The highest BCUT2D eigenvalue weighted by Crippen LogP contribution is 2.34. The molecule has 7 heteroatoms. The van der Waals surface area contributed by atoms with Crippen LogP contribution in [-0.4, -0.2) is 18.7 Å². The molecule has 4 rings (SSSR count). The van der Waals surface area contributed by atoms with Gasteiger partial charge >= 0.3 is 5.97 Å². The molecule has 0 spiro atoms. The van der Waals surface area contributed by atoms with Crippen molar-refractivity contribution in [3.8, 4) is 23.3 Å². The molecular weight excluding hydrogens is 408 g/mol. The summed E-state index contributed by atoms with van der Waals surface area (Å²) in [6.07, 6.45) is 1.42. The van der Waals surface area contributed by atoms with Crippen molar-refractivity contribution in [2.75, 3.05) is 12.1 Å². The van der Waals surface area contributed by atoms with Gasteiger partial charge in [0.2, 0.25) is 6.79 Å². The average Bonchev–Trinajstić information content (AvgIpc) is 3.25. The van der Waals surface area contributed by atoms with Gasteiger partial charge in [0.25, 0.3) is 5.91 Å². The maximum Gasteiger partial charge on any atom is 0.343 e. The number of nitrogens with zero attached hydrogens (tertiary/aromatic N) is 1. The van der Waals surface area contributed by atoms with Crippen LogP contribution in [0.5, 0.6) is 17.2 Å². The van der Waals surface area contributed by atoms with Gasteiger partial charge in [0.15, 0.2) is 11.5 Å². The summed E-state index contributed by atoms with van der Waals surface area (Å²) in [5, 5.41) is 12.1. The van der Waals surface area contributed by atoms with Crippen molar-refractivity contribution < 1.29 is 23.8 Å². The highest BCUT2D eigenvalue weighted by molar-refractivity contribution is 6.09. The number of hydrogen-bond acceptors (Lipinski definition) is 6. The maximum atomic E-state index is 12.6. The van der Waals surface area contributed by atoms with Crippen LogP contribution in [0, 0.1) is 18.3 Å². The topological polar surface area (TPSA) is 97.7 Å². The number of carbonyl (C=O) groups is 2. The summed E-state index contributed by atoms with van der Waals surface area (Å²) >= 11 is 0. The van der Waals surface area contributed by atoms with Gasteiger partial charge in [-0.2, -0.15) is 5.26 Å². The Hall–Kier alpha value is -4.57. The molecule has 3 aromatic carbocycles. The number of rotatable bonds is 5. The van der Waals surface area contributed by atoms with E-state index in [9.17, 15) is 14.9 Å². The second-order valence-corrected chi connectivity index (χ2v) is 7.02. The van der Waals surface area contributed by atoms with Gasteiger partial charge in [-0.15, -0.1) is 0 Å². The number of aryl methyl sites for hydroxylation is 1. The zero-order valence-electron chi connectivity index (χ0n) is 17.1. The number of amides is 1. The maximum absolute atomic E-state index is 12.6. The molecule has 1 N–H and O–H groups in total. The minimum atomic E-state index is -0.575. The molecule has 1 heterocycles. The smallest absolute Gasteiger partial charge is 0.343 e. The monoisotopic (exact) mass is 426 g/mol. The SMILES string of the molecule is Cc1cccc(C(=O)Oc2cccc(/C=C(\C#N)C(=O)Nc3ccc4c(c3)OCO4)c2)c1.